The SMILES string of the molecule is NCCc1nn2c(c1-c1ccc3ncoc3c1)CCC2. The Kier molecular flexibility index (Phi) is 2.60. The minimum absolute atomic E-state index is 0.619. The van der Waals surface area contributed by atoms with E-state index in [9.17, 15) is 0 Å². The minimum Gasteiger partial charge on any atom is -0.443 e. The molecule has 0 bridgehead atoms. The number of nitrogens with two attached hydrogens (primary N) is 1. The molecule has 1 aliphatic rings. The van der Waals surface area contributed by atoms with Crippen molar-refractivity contribution in [1.82, 2.24) is 14.8 Å². The van der Waals surface area contributed by atoms with Gasteiger partial charge in [-0.05, 0) is 37.1 Å². The van der Waals surface area contributed by atoms with Crippen molar-refractivity contribution >= 4 is 11.1 Å². The first-order chi connectivity index (χ1) is 9.86. The highest BCUT2D eigenvalue weighted by Crippen LogP contribution is 2.33. The van der Waals surface area contributed by atoms with E-state index in [0.717, 1.165) is 41.7 Å². The van der Waals surface area contributed by atoms with Gasteiger partial charge < -0.3 is 10.2 Å². The van der Waals surface area contributed by atoms with Gasteiger partial charge in [-0.3, -0.25) is 4.68 Å². The lowest BCUT2D eigenvalue weighted by Gasteiger charge is -2.04. The third-order valence-electron chi connectivity index (χ3n) is 3.91. The van der Waals surface area contributed by atoms with Crippen LogP contribution in [-0.4, -0.2) is 21.3 Å². The second-order valence-electron chi connectivity index (χ2n) is 5.17. The third-order valence-corrected chi connectivity index (χ3v) is 3.91. The van der Waals surface area contributed by atoms with Gasteiger partial charge in [-0.25, -0.2) is 4.98 Å². The van der Waals surface area contributed by atoms with Crippen LogP contribution in [-0.2, 0) is 19.4 Å². The standard InChI is InChI=1S/C15H16N4O/c16-6-5-12-15(13-2-1-7-19(13)18-12)10-3-4-11-14(8-10)20-9-17-11/h3-4,8-9H,1-2,5-7,16H2. The summed E-state index contributed by atoms with van der Waals surface area (Å²) in [6.45, 7) is 1.63. The van der Waals surface area contributed by atoms with Gasteiger partial charge in [0.2, 0.25) is 0 Å². The Hall–Kier alpha value is -2.14. The van der Waals surface area contributed by atoms with Gasteiger partial charge in [-0.1, -0.05) is 6.07 Å². The molecule has 2 N–H and O–H groups in total. The van der Waals surface area contributed by atoms with Crippen molar-refractivity contribution in [2.75, 3.05) is 6.54 Å². The fourth-order valence-corrected chi connectivity index (χ4v) is 3.04. The molecule has 1 aliphatic heterocycles. The van der Waals surface area contributed by atoms with Crippen molar-refractivity contribution in [3.63, 3.8) is 0 Å². The quantitative estimate of drug-likeness (QED) is 0.790. The molecule has 0 aliphatic carbocycles. The third kappa shape index (κ3) is 1.67. The number of nitrogens with zero attached hydrogens (tertiary/aromatic N) is 3. The second kappa shape index (κ2) is 4.45. The summed E-state index contributed by atoms with van der Waals surface area (Å²) in [7, 11) is 0. The Balaban J connectivity index is 1.91. The van der Waals surface area contributed by atoms with E-state index in [0.29, 0.717) is 6.54 Å². The van der Waals surface area contributed by atoms with E-state index in [-0.39, 0.29) is 0 Å². The van der Waals surface area contributed by atoms with E-state index >= 15 is 0 Å². The van der Waals surface area contributed by atoms with Gasteiger partial charge in [-0.2, -0.15) is 5.10 Å². The maximum atomic E-state index is 5.72. The Bertz CT molecular complexity index is 771. The first kappa shape index (κ1) is 11.7. The molecule has 2 aromatic heterocycles. The number of aryl methyl sites for hydroxylation is 1. The van der Waals surface area contributed by atoms with Crippen molar-refractivity contribution in [2.45, 2.75) is 25.8 Å². The van der Waals surface area contributed by atoms with Crippen LogP contribution in [0.4, 0.5) is 0 Å². The molecule has 0 saturated carbocycles. The number of fused-ring (bicyclic) bond motifs is 2. The maximum absolute atomic E-state index is 5.72. The van der Waals surface area contributed by atoms with Gasteiger partial charge >= 0.3 is 0 Å². The largest absolute Gasteiger partial charge is 0.443 e. The minimum atomic E-state index is 0.619. The predicted molar refractivity (Wildman–Crippen MR) is 76.3 cm³/mol. The molecule has 0 atom stereocenters. The number of oxazole rings is 1. The Labute approximate surface area is 116 Å². The molecule has 0 fully saturated rings. The van der Waals surface area contributed by atoms with Gasteiger partial charge in [0, 0.05) is 24.2 Å². The Morgan fingerprint density at radius 2 is 2.30 bits per heavy atom. The fraction of sp³-hybridized carbons (Fsp3) is 0.333. The van der Waals surface area contributed by atoms with Gasteiger partial charge in [0.15, 0.2) is 12.0 Å². The van der Waals surface area contributed by atoms with Crippen LogP contribution >= 0.6 is 0 Å². The molecule has 5 heteroatoms. The number of rotatable bonds is 3. The van der Waals surface area contributed by atoms with E-state index in [1.807, 2.05) is 6.07 Å². The predicted octanol–water partition coefficient (Wildman–Crippen LogP) is 2.14. The van der Waals surface area contributed by atoms with E-state index in [2.05, 4.69) is 21.8 Å². The van der Waals surface area contributed by atoms with E-state index in [1.165, 1.54) is 24.1 Å². The lowest BCUT2D eigenvalue weighted by atomic mass is 10.00. The van der Waals surface area contributed by atoms with Gasteiger partial charge in [0.05, 0.1) is 5.69 Å². The van der Waals surface area contributed by atoms with Gasteiger partial charge in [0.1, 0.15) is 5.52 Å². The number of hydrogen-bond acceptors (Lipinski definition) is 4. The number of aromatic nitrogens is 3. The smallest absolute Gasteiger partial charge is 0.181 e. The fourth-order valence-electron chi connectivity index (χ4n) is 3.04. The lowest BCUT2D eigenvalue weighted by molar-refractivity contribution is 0.602. The summed E-state index contributed by atoms with van der Waals surface area (Å²) in [6, 6.07) is 6.15. The zero-order chi connectivity index (χ0) is 13.5. The highest BCUT2D eigenvalue weighted by molar-refractivity contribution is 5.81. The van der Waals surface area contributed by atoms with Gasteiger partial charge in [0.25, 0.3) is 0 Å². The zero-order valence-electron chi connectivity index (χ0n) is 11.2. The Morgan fingerprint density at radius 1 is 1.35 bits per heavy atom. The summed E-state index contributed by atoms with van der Waals surface area (Å²) >= 11 is 0. The lowest BCUT2D eigenvalue weighted by Crippen LogP contribution is -2.05. The topological polar surface area (TPSA) is 69.9 Å². The molecule has 0 amide bonds. The molecule has 0 saturated heterocycles. The van der Waals surface area contributed by atoms with Crippen molar-refractivity contribution in [1.29, 1.82) is 0 Å². The first-order valence-corrected chi connectivity index (χ1v) is 6.99. The zero-order valence-corrected chi connectivity index (χ0v) is 11.2. The molecule has 3 aromatic rings. The van der Waals surface area contributed by atoms with Crippen LogP contribution in [0.2, 0.25) is 0 Å². The van der Waals surface area contributed by atoms with Gasteiger partial charge in [-0.15, -0.1) is 0 Å². The first-order valence-electron chi connectivity index (χ1n) is 6.99. The van der Waals surface area contributed by atoms with E-state index in [1.54, 1.807) is 0 Å². The maximum Gasteiger partial charge on any atom is 0.181 e. The molecule has 1 aromatic carbocycles. The molecule has 0 unspecified atom stereocenters. The number of benzene rings is 1. The molecular formula is C15H16N4O. The summed E-state index contributed by atoms with van der Waals surface area (Å²) in [4.78, 5) is 4.16. The second-order valence-corrected chi connectivity index (χ2v) is 5.17. The monoisotopic (exact) mass is 268 g/mol. The highest BCUT2D eigenvalue weighted by atomic mass is 16.3. The molecule has 0 spiro atoms. The van der Waals surface area contributed by atoms with Crippen molar-refractivity contribution < 1.29 is 4.42 Å². The van der Waals surface area contributed by atoms with Crippen molar-refractivity contribution in [2.24, 2.45) is 5.73 Å². The van der Waals surface area contributed by atoms with Crippen LogP contribution in [0.1, 0.15) is 17.8 Å². The summed E-state index contributed by atoms with van der Waals surface area (Å²) in [5, 5.41) is 4.71. The highest BCUT2D eigenvalue weighted by Gasteiger charge is 2.22. The van der Waals surface area contributed by atoms with Crippen LogP contribution in [0.15, 0.2) is 29.0 Å². The molecule has 3 heterocycles. The van der Waals surface area contributed by atoms with Crippen molar-refractivity contribution in [3.8, 4) is 11.1 Å². The van der Waals surface area contributed by atoms with Crippen LogP contribution in [0.3, 0.4) is 0 Å². The van der Waals surface area contributed by atoms with Crippen LogP contribution < -0.4 is 5.73 Å². The molecule has 20 heavy (non-hydrogen) atoms. The molecular weight excluding hydrogens is 252 g/mol. The van der Waals surface area contributed by atoms with E-state index in [4.69, 9.17) is 15.2 Å². The average Bonchev–Trinajstić information content (AvgIpc) is 3.12. The van der Waals surface area contributed by atoms with Crippen LogP contribution in [0.25, 0.3) is 22.2 Å². The average molecular weight is 268 g/mol. The Morgan fingerprint density at radius 3 is 3.20 bits per heavy atom. The summed E-state index contributed by atoms with van der Waals surface area (Å²) < 4.78 is 7.54. The molecule has 0 radical (unpaired) electrons. The molecule has 5 nitrogen and oxygen atoms in total. The summed E-state index contributed by atoms with van der Waals surface area (Å²) in [6.07, 6.45) is 4.55. The van der Waals surface area contributed by atoms with E-state index < -0.39 is 0 Å². The molecule has 102 valence electrons. The molecule has 4 rings (SSSR count). The van der Waals surface area contributed by atoms with Crippen LogP contribution in [0.5, 0.6) is 0 Å². The summed E-state index contributed by atoms with van der Waals surface area (Å²) in [5.41, 5.74) is 12.2. The number of hydrogen-bond donors (Lipinski definition) is 1. The normalized spacial score (nSPS) is 14.1. The summed E-state index contributed by atoms with van der Waals surface area (Å²) in [5.74, 6) is 0. The van der Waals surface area contributed by atoms with Crippen molar-refractivity contribution in [3.05, 3.63) is 36.0 Å². The van der Waals surface area contributed by atoms with Crippen LogP contribution in [0, 0.1) is 0 Å².